The van der Waals surface area contributed by atoms with Crippen molar-refractivity contribution in [3.63, 3.8) is 0 Å². The molecule has 0 spiro atoms. The minimum atomic E-state index is -0.132. The number of aryl methyl sites for hydroxylation is 2. The third-order valence-electron chi connectivity index (χ3n) is 6.78. The number of aromatic nitrogens is 1. The highest BCUT2D eigenvalue weighted by molar-refractivity contribution is 7.80. The second-order valence-electron chi connectivity index (χ2n) is 9.07. The third kappa shape index (κ3) is 4.58. The molecule has 5 rings (SSSR count). The quantitative estimate of drug-likeness (QED) is 0.227. The zero-order valence-electron chi connectivity index (χ0n) is 21.4. The lowest BCUT2D eigenvalue weighted by atomic mass is 10.1. The summed E-state index contributed by atoms with van der Waals surface area (Å²) in [6.45, 7) is 5.20. The molecular formula is C30H29N3O3S. The summed E-state index contributed by atoms with van der Waals surface area (Å²) in [7, 11) is 3.48. The molecule has 1 aliphatic heterocycles. The van der Waals surface area contributed by atoms with E-state index in [0.717, 1.165) is 27.7 Å². The number of para-hydroxylation sites is 3. The number of rotatable bonds is 7. The van der Waals surface area contributed by atoms with Crippen molar-refractivity contribution in [1.82, 2.24) is 9.47 Å². The molecule has 4 aromatic rings. The average molecular weight is 512 g/mol. The number of methoxy groups -OCH3 is 1. The second kappa shape index (κ2) is 10.1. The minimum absolute atomic E-state index is 0.132. The Hall–Kier alpha value is -4.10. The zero-order chi connectivity index (χ0) is 26.1. The molecule has 0 unspecified atom stereocenters. The van der Waals surface area contributed by atoms with Crippen LogP contribution in [0.25, 0.3) is 17.0 Å². The van der Waals surface area contributed by atoms with Crippen molar-refractivity contribution >= 4 is 45.9 Å². The molecule has 1 fully saturated rings. The van der Waals surface area contributed by atoms with Gasteiger partial charge >= 0.3 is 0 Å². The Morgan fingerprint density at radius 1 is 0.946 bits per heavy atom. The van der Waals surface area contributed by atoms with Gasteiger partial charge < -0.3 is 18.9 Å². The number of carbonyl (C=O) groups is 1. The first-order valence-corrected chi connectivity index (χ1v) is 12.5. The number of ether oxygens (including phenoxy) is 2. The molecule has 0 aliphatic carbocycles. The maximum atomic E-state index is 13.5. The highest BCUT2D eigenvalue weighted by atomic mass is 32.1. The molecule has 6 nitrogen and oxygen atoms in total. The fourth-order valence-corrected chi connectivity index (χ4v) is 4.85. The first kappa shape index (κ1) is 24.6. The number of hydrogen-bond acceptors (Lipinski definition) is 4. The van der Waals surface area contributed by atoms with Crippen LogP contribution in [-0.4, -0.2) is 41.3 Å². The Morgan fingerprint density at radius 2 is 1.68 bits per heavy atom. The summed E-state index contributed by atoms with van der Waals surface area (Å²) in [5, 5.41) is 1.53. The Labute approximate surface area is 222 Å². The third-order valence-corrected chi connectivity index (χ3v) is 7.24. The van der Waals surface area contributed by atoms with Crippen LogP contribution >= 0.6 is 12.2 Å². The van der Waals surface area contributed by atoms with Gasteiger partial charge in [0.05, 0.1) is 19.3 Å². The van der Waals surface area contributed by atoms with Crippen LogP contribution in [0.3, 0.4) is 0 Å². The highest BCUT2D eigenvalue weighted by Crippen LogP contribution is 2.31. The number of benzene rings is 3. The van der Waals surface area contributed by atoms with E-state index < -0.39 is 0 Å². The monoisotopic (exact) mass is 511 g/mol. The van der Waals surface area contributed by atoms with Crippen LogP contribution in [0.5, 0.6) is 11.5 Å². The summed E-state index contributed by atoms with van der Waals surface area (Å²) in [4.78, 5) is 16.9. The van der Waals surface area contributed by atoms with E-state index in [0.29, 0.717) is 35.5 Å². The fraction of sp³-hybridized carbons (Fsp3) is 0.200. The van der Waals surface area contributed by atoms with E-state index in [9.17, 15) is 4.79 Å². The number of thiocarbonyl (C=S) groups is 1. The summed E-state index contributed by atoms with van der Waals surface area (Å²) in [6, 6.07) is 21.7. The van der Waals surface area contributed by atoms with E-state index in [1.165, 1.54) is 5.56 Å². The lowest BCUT2D eigenvalue weighted by Crippen LogP contribution is -2.31. The number of anilines is 1. The molecule has 0 saturated carbocycles. The largest absolute Gasteiger partial charge is 0.493 e. The topological polar surface area (TPSA) is 46.9 Å². The van der Waals surface area contributed by atoms with Gasteiger partial charge in [-0.15, -0.1) is 0 Å². The van der Waals surface area contributed by atoms with Gasteiger partial charge in [0.15, 0.2) is 16.6 Å². The van der Waals surface area contributed by atoms with E-state index in [-0.39, 0.29) is 5.91 Å². The SMILES string of the molecule is COc1ccccc1OCCn1cc(/C=C2/C(=O)N(c3ccc(C)c(C)c3)C(=S)N2C)c2ccccc21. The molecule has 2 heterocycles. The molecule has 0 radical (unpaired) electrons. The molecule has 0 bridgehead atoms. The second-order valence-corrected chi connectivity index (χ2v) is 9.44. The van der Waals surface area contributed by atoms with E-state index >= 15 is 0 Å². The fourth-order valence-electron chi connectivity index (χ4n) is 4.56. The number of carbonyl (C=O) groups excluding carboxylic acids is 1. The number of fused-ring (bicyclic) bond motifs is 1. The lowest BCUT2D eigenvalue weighted by Gasteiger charge is -2.17. The summed E-state index contributed by atoms with van der Waals surface area (Å²) >= 11 is 5.68. The zero-order valence-corrected chi connectivity index (χ0v) is 22.2. The molecular weight excluding hydrogens is 482 g/mol. The number of hydrogen-bond donors (Lipinski definition) is 0. The molecule has 1 saturated heterocycles. The van der Waals surface area contributed by atoms with Crippen LogP contribution in [0.4, 0.5) is 5.69 Å². The van der Waals surface area contributed by atoms with Gasteiger partial charge in [-0.2, -0.15) is 0 Å². The molecule has 188 valence electrons. The van der Waals surface area contributed by atoms with Gasteiger partial charge in [-0.1, -0.05) is 36.4 Å². The summed E-state index contributed by atoms with van der Waals surface area (Å²) in [5.74, 6) is 1.28. The molecule has 0 atom stereocenters. The standard InChI is InChI=1S/C30H29N3O3S/c1-20-13-14-23(17-21(20)2)33-29(34)26(31(3)30(33)37)18-22-19-32(25-10-6-5-9-24(22)25)15-16-36-28-12-8-7-11-27(28)35-4/h5-14,17-19H,15-16H2,1-4H3/b26-18-. The van der Waals surface area contributed by atoms with Crippen LogP contribution in [0.15, 0.2) is 78.6 Å². The molecule has 7 heteroatoms. The number of likely N-dealkylation sites (N-methyl/N-ethyl adjacent to an activating group) is 1. The van der Waals surface area contributed by atoms with Gasteiger partial charge in [0.25, 0.3) is 5.91 Å². The molecule has 0 N–H and O–H groups in total. The van der Waals surface area contributed by atoms with E-state index in [2.05, 4.69) is 29.8 Å². The molecule has 37 heavy (non-hydrogen) atoms. The van der Waals surface area contributed by atoms with Crippen molar-refractivity contribution in [2.75, 3.05) is 25.7 Å². The average Bonchev–Trinajstić information content (AvgIpc) is 3.36. The Balaban J connectivity index is 1.44. The molecule has 3 aromatic carbocycles. The molecule has 1 aromatic heterocycles. The van der Waals surface area contributed by atoms with Crippen molar-refractivity contribution in [2.24, 2.45) is 0 Å². The van der Waals surface area contributed by atoms with E-state index in [1.54, 1.807) is 16.9 Å². The minimum Gasteiger partial charge on any atom is -0.493 e. The van der Waals surface area contributed by atoms with Crippen molar-refractivity contribution < 1.29 is 14.3 Å². The normalized spacial score (nSPS) is 14.8. The molecule has 1 aliphatic rings. The van der Waals surface area contributed by atoms with Crippen LogP contribution < -0.4 is 14.4 Å². The maximum Gasteiger partial charge on any atom is 0.281 e. The first-order valence-electron chi connectivity index (χ1n) is 12.1. The van der Waals surface area contributed by atoms with Crippen LogP contribution in [-0.2, 0) is 11.3 Å². The number of amides is 1. The van der Waals surface area contributed by atoms with E-state index in [1.807, 2.05) is 74.6 Å². The first-order chi connectivity index (χ1) is 17.9. The van der Waals surface area contributed by atoms with Gasteiger partial charge in [0, 0.05) is 29.7 Å². The molecule has 1 amide bonds. The summed E-state index contributed by atoms with van der Waals surface area (Å²) in [6.07, 6.45) is 3.99. The van der Waals surface area contributed by atoms with Crippen LogP contribution in [0.2, 0.25) is 0 Å². The maximum absolute atomic E-state index is 13.5. The summed E-state index contributed by atoms with van der Waals surface area (Å²) in [5.41, 5.74) is 5.63. The van der Waals surface area contributed by atoms with Gasteiger partial charge in [0.1, 0.15) is 12.3 Å². The van der Waals surface area contributed by atoms with Crippen molar-refractivity contribution in [1.29, 1.82) is 0 Å². The highest BCUT2D eigenvalue weighted by Gasteiger charge is 2.37. The predicted molar refractivity (Wildman–Crippen MR) is 152 cm³/mol. The van der Waals surface area contributed by atoms with Crippen LogP contribution in [0.1, 0.15) is 16.7 Å². The van der Waals surface area contributed by atoms with Gasteiger partial charge in [-0.25, -0.2) is 0 Å². The van der Waals surface area contributed by atoms with Crippen molar-refractivity contribution in [2.45, 2.75) is 20.4 Å². The Bertz CT molecular complexity index is 1540. The van der Waals surface area contributed by atoms with Gasteiger partial charge in [-0.3, -0.25) is 9.69 Å². The van der Waals surface area contributed by atoms with Crippen LogP contribution in [0, 0.1) is 13.8 Å². The smallest absolute Gasteiger partial charge is 0.281 e. The Morgan fingerprint density at radius 3 is 2.43 bits per heavy atom. The summed E-state index contributed by atoms with van der Waals surface area (Å²) < 4.78 is 13.5. The van der Waals surface area contributed by atoms with Gasteiger partial charge in [0.2, 0.25) is 0 Å². The van der Waals surface area contributed by atoms with Crippen molar-refractivity contribution in [3.8, 4) is 11.5 Å². The van der Waals surface area contributed by atoms with Crippen molar-refractivity contribution in [3.05, 3.63) is 95.3 Å². The lowest BCUT2D eigenvalue weighted by molar-refractivity contribution is -0.114. The van der Waals surface area contributed by atoms with E-state index in [4.69, 9.17) is 21.7 Å². The number of nitrogens with zero attached hydrogens (tertiary/aromatic N) is 3. The Kier molecular flexibility index (Phi) is 6.72. The van der Waals surface area contributed by atoms with Gasteiger partial charge in [-0.05, 0) is 73.6 Å². The predicted octanol–water partition coefficient (Wildman–Crippen LogP) is 5.95.